The van der Waals surface area contributed by atoms with Gasteiger partial charge in [0.15, 0.2) is 0 Å². The van der Waals surface area contributed by atoms with Crippen LogP contribution in [0.4, 0.5) is 5.69 Å². The van der Waals surface area contributed by atoms with E-state index in [1.54, 1.807) is 0 Å². The molecule has 1 unspecified atom stereocenters. The highest BCUT2D eigenvalue weighted by atomic mass is 32.2. The lowest BCUT2D eigenvalue weighted by molar-refractivity contribution is -0.115. The van der Waals surface area contributed by atoms with Crippen LogP contribution in [0.3, 0.4) is 0 Å². The third-order valence-corrected chi connectivity index (χ3v) is 5.64. The fourth-order valence-electron chi connectivity index (χ4n) is 2.75. The maximum absolute atomic E-state index is 12.3. The van der Waals surface area contributed by atoms with Crippen molar-refractivity contribution in [2.75, 3.05) is 5.32 Å². The van der Waals surface area contributed by atoms with Crippen LogP contribution in [0.1, 0.15) is 64.4 Å². The Morgan fingerprint density at radius 2 is 1.71 bits per heavy atom. The Morgan fingerprint density at radius 1 is 1.10 bits per heavy atom. The van der Waals surface area contributed by atoms with E-state index in [0.29, 0.717) is 11.2 Å². The quantitative estimate of drug-likeness (QED) is 0.809. The first-order valence-electron chi connectivity index (χ1n) is 8.12. The first kappa shape index (κ1) is 16.4. The topological polar surface area (TPSA) is 29.1 Å². The molecule has 1 amide bonds. The summed E-state index contributed by atoms with van der Waals surface area (Å²) < 4.78 is 0. The molecule has 2 rings (SSSR count). The fourth-order valence-corrected chi connectivity index (χ4v) is 4.11. The molecule has 1 aliphatic carbocycles. The molecule has 0 aromatic heterocycles. The van der Waals surface area contributed by atoms with Gasteiger partial charge in [-0.15, -0.1) is 11.8 Å². The molecule has 1 aliphatic rings. The van der Waals surface area contributed by atoms with Gasteiger partial charge in [0.05, 0.1) is 5.25 Å². The Hall–Kier alpha value is -0.960. The Balaban J connectivity index is 1.84. The minimum atomic E-state index is 0.0258. The summed E-state index contributed by atoms with van der Waals surface area (Å²) in [5.41, 5.74) is 2.21. The van der Waals surface area contributed by atoms with Crippen molar-refractivity contribution < 1.29 is 4.79 Å². The van der Waals surface area contributed by atoms with Gasteiger partial charge in [0, 0.05) is 10.9 Å². The molecule has 3 heteroatoms. The third kappa shape index (κ3) is 5.06. The van der Waals surface area contributed by atoms with E-state index in [4.69, 9.17) is 0 Å². The Kier molecular flexibility index (Phi) is 6.16. The monoisotopic (exact) mass is 305 g/mol. The molecular weight excluding hydrogens is 278 g/mol. The van der Waals surface area contributed by atoms with E-state index < -0.39 is 0 Å². The number of rotatable bonds is 5. The molecule has 0 saturated heterocycles. The van der Waals surface area contributed by atoms with Crippen LogP contribution < -0.4 is 5.32 Å². The standard InChI is InChI=1S/C18H27NOS/c1-13(2)15-9-11-16(12-10-15)19-18(20)14(3)21-17-7-5-4-6-8-17/h9-14,17H,4-8H2,1-3H3,(H,19,20). The lowest BCUT2D eigenvalue weighted by Gasteiger charge is -2.23. The molecule has 1 N–H and O–H groups in total. The molecule has 1 aromatic rings. The van der Waals surface area contributed by atoms with Gasteiger partial charge in [-0.3, -0.25) is 4.79 Å². The number of amides is 1. The van der Waals surface area contributed by atoms with Crippen molar-refractivity contribution in [1.29, 1.82) is 0 Å². The number of benzene rings is 1. The van der Waals surface area contributed by atoms with Crippen molar-refractivity contribution in [3.8, 4) is 0 Å². The predicted molar refractivity (Wildman–Crippen MR) is 93.1 cm³/mol. The van der Waals surface area contributed by atoms with Crippen LogP contribution in [0.2, 0.25) is 0 Å². The van der Waals surface area contributed by atoms with E-state index in [-0.39, 0.29) is 11.2 Å². The van der Waals surface area contributed by atoms with E-state index in [9.17, 15) is 4.79 Å². The second-order valence-electron chi connectivity index (χ2n) is 6.30. The van der Waals surface area contributed by atoms with Crippen molar-refractivity contribution in [2.45, 2.75) is 69.3 Å². The van der Waals surface area contributed by atoms with Gasteiger partial charge in [-0.1, -0.05) is 45.2 Å². The van der Waals surface area contributed by atoms with Gasteiger partial charge in [0.2, 0.25) is 5.91 Å². The minimum absolute atomic E-state index is 0.0258. The van der Waals surface area contributed by atoms with E-state index in [1.165, 1.54) is 37.7 Å². The highest BCUT2D eigenvalue weighted by Gasteiger charge is 2.21. The first-order chi connectivity index (χ1) is 10.1. The molecule has 0 radical (unpaired) electrons. The second kappa shape index (κ2) is 7.88. The fraction of sp³-hybridized carbons (Fsp3) is 0.611. The maximum atomic E-state index is 12.3. The molecule has 2 nitrogen and oxygen atoms in total. The van der Waals surface area contributed by atoms with Crippen LogP contribution >= 0.6 is 11.8 Å². The number of carbonyl (C=O) groups excluding carboxylic acids is 1. The molecular formula is C18H27NOS. The molecule has 0 bridgehead atoms. The van der Waals surface area contributed by atoms with Crippen LogP contribution in [0.5, 0.6) is 0 Å². The summed E-state index contributed by atoms with van der Waals surface area (Å²) in [5, 5.41) is 3.73. The van der Waals surface area contributed by atoms with Crippen LogP contribution in [0.25, 0.3) is 0 Å². The van der Waals surface area contributed by atoms with Gasteiger partial charge in [-0.2, -0.15) is 0 Å². The van der Waals surface area contributed by atoms with Crippen LogP contribution in [-0.2, 0) is 4.79 Å². The van der Waals surface area contributed by atoms with Gasteiger partial charge in [-0.05, 0) is 43.4 Å². The zero-order chi connectivity index (χ0) is 15.2. The number of anilines is 1. The lowest BCUT2D eigenvalue weighted by Crippen LogP contribution is -2.25. The molecule has 1 saturated carbocycles. The van der Waals surface area contributed by atoms with Gasteiger partial charge < -0.3 is 5.32 Å². The molecule has 0 heterocycles. The zero-order valence-electron chi connectivity index (χ0n) is 13.4. The van der Waals surface area contributed by atoms with E-state index in [2.05, 4.69) is 31.3 Å². The predicted octanol–water partition coefficient (Wildman–Crippen LogP) is 5.20. The smallest absolute Gasteiger partial charge is 0.237 e. The van der Waals surface area contributed by atoms with Gasteiger partial charge in [0.1, 0.15) is 0 Å². The highest BCUT2D eigenvalue weighted by Crippen LogP contribution is 2.31. The average Bonchev–Trinajstić information content (AvgIpc) is 2.48. The first-order valence-corrected chi connectivity index (χ1v) is 9.07. The lowest BCUT2D eigenvalue weighted by atomic mass is 10.0. The summed E-state index contributed by atoms with van der Waals surface area (Å²) in [6, 6.07) is 8.20. The summed E-state index contributed by atoms with van der Waals surface area (Å²) in [4.78, 5) is 12.3. The molecule has 0 aliphatic heterocycles. The molecule has 21 heavy (non-hydrogen) atoms. The number of hydrogen-bond donors (Lipinski definition) is 1. The number of carbonyl (C=O) groups is 1. The summed E-state index contributed by atoms with van der Waals surface area (Å²) in [7, 11) is 0. The normalized spacial score (nSPS) is 17.7. The molecule has 1 fully saturated rings. The van der Waals surface area contributed by atoms with E-state index in [1.807, 2.05) is 30.8 Å². The maximum Gasteiger partial charge on any atom is 0.237 e. The van der Waals surface area contributed by atoms with Gasteiger partial charge >= 0.3 is 0 Å². The SMILES string of the molecule is CC(SC1CCCCC1)C(=O)Nc1ccc(C(C)C)cc1. The third-order valence-electron chi connectivity index (χ3n) is 4.16. The summed E-state index contributed by atoms with van der Waals surface area (Å²) in [6.45, 7) is 6.38. The molecule has 0 spiro atoms. The number of nitrogens with one attached hydrogen (secondary N) is 1. The summed E-state index contributed by atoms with van der Waals surface area (Å²) in [6.07, 6.45) is 6.54. The van der Waals surface area contributed by atoms with Crippen molar-refractivity contribution >= 4 is 23.4 Å². The number of hydrogen-bond acceptors (Lipinski definition) is 2. The Bertz CT molecular complexity index is 449. The Morgan fingerprint density at radius 3 is 2.29 bits per heavy atom. The zero-order valence-corrected chi connectivity index (χ0v) is 14.2. The molecule has 116 valence electrons. The molecule has 1 aromatic carbocycles. The Labute approximate surface area is 133 Å². The van der Waals surface area contributed by atoms with Crippen LogP contribution in [0, 0.1) is 0 Å². The summed E-state index contributed by atoms with van der Waals surface area (Å²) in [5.74, 6) is 0.651. The van der Waals surface area contributed by atoms with Gasteiger partial charge in [-0.25, -0.2) is 0 Å². The highest BCUT2D eigenvalue weighted by molar-refractivity contribution is 8.01. The van der Waals surface area contributed by atoms with Crippen LogP contribution in [0.15, 0.2) is 24.3 Å². The second-order valence-corrected chi connectivity index (χ2v) is 7.95. The average molecular weight is 305 g/mol. The van der Waals surface area contributed by atoms with Crippen molar-refractivity contribution in [1.82, 2.24) is 0 Å². The van der Waals surface area contributed by atoms with Crippen LogP contribution in [-0.4, -0.2) is 16.4 Å². The minimum Gasteiger partial charge on any atom is -0.325 e. The summed E-state index contributed by atoms with van der Waals surface area (Å²) >= 11 is 1.84. The largest absolute Gasteiger partial charge is 0.325 e. The van der Waals surface area contributed by atoms with E-state index in [0.717, 1.165) is 5.69 Å². The van der Waals surface area contributed by atoms with Crippen molar-refractivity contribution in [3.63, 3.8) is 0 Å². The molecule has 1 atom stereocenters. The van der Waals surface area contributed by atoms with Crippen molar-refractivity contribution in [2.24, 2.45) is 0 Å². The van der Waals surface area contributed by atoms with Crippen molar-refractivity contribution in [3.05, 3.63) is 29.8 Å². The van der Waals surface area contributed by atoms with Gasteiger partial charge in [0.25, 0.3) is 0 Å². The number of thioether (sulfide) groups is 1. The van der Waals surface area contributed by atoms with E-state index >= 15 is 0 Å².